The van der Waals surface area contributed by atoms with Crippen molar-refractivity contribution in [3.05, 3.63) is 96.7 Å². The maximum Gasteiger partial charge on any atom is 0.291 e. The summed E-state index contributed by atoms with van der Waals surface area (Å²) in [6.07, 6.45) is 3.23. The summed E-state index contributed by atoms with van der Waals surface area (Å²) in [5.74, 6) is 1.11. The van der Waals surface area contributed by atoms with Crippen LogP contribution in [-0.2, 0) is 6.61 Å². The van der Waals surface area contributed by atoms with E-state index in [1.165, 1.54) is 28.0 Å². The van der Waals surface area contributed by atoms with E-state index in [9.17, 15) is 14.9 Å². The topological polar surface area (TPSA) is 128 Å². The zero-order valence-corrected chi connectivity index (χ0v) is 18.1. The van der Waals surface area contributed by atoms with Crippen molar-refractivity contribution in [2.45, 2.75) is 13.5 Å². The fraction of sp³-hybridized carbons (Fsp3) is 0.0909. The Morgan fingerprint density at radius 3 is 2.82 bits per heavy atom. The number of aromatic amines is 1. The minimum absolute atomic E-state index is 0.0308. The van der Waals surface area contributed by atoms with Crippen molar-refractivity contribution in [2.24, 2.45) is 0 Å². The molecule has 0 atom stereocenters. The fourth-order valence-electron chi connectivity index (χ4n) is 3.27. The third-order valence-electron chi connectivity index (χ3n) is 4.92. The van der Waals surface area contributed by atoms with Crippen molar-refractivity contribution in [2.75, 3.05) is 0 Å². The minimum atomic E-state index is -0.459. The normalized spacial score (nSPS) is 11.8. The second-order valence-electron chi connectivity index (χ2n) is 7.25. The van der Waals surface area contributed by atoms with E-state index in [-0.39, 0.29) is 17.9 Å². The van der Waals surface area contributed by atoms with Crippen LogP contribution in [0.2, 0.25) is 0 Å². The Balaban J connectivity index is 1.43. The van der Waals surface area contributed by atoms with Crippen molar-refractivity contribution in [3.8, 4) is 17.0 Å². The lowest BCUT2D eigenvalue weighted by Crippen LogP contribution is -2.24. The van der Waals surface area contributed by atoms with Crippen LogP contribution in [0, 0.1) is 17.0 Å². The van der Waals surface area contributed by atoms with Gasteiger partial charge in [-0.1, -0.05) is 41.2 Å². The molecule has 33 heavy (non-hydrogen) atoms. The van der Waals surface area contributed by atoms with E-state index < -0.39 is 4.92 Å². The summed E-state index contributed by atoms with van der Waals surface area (Å²) in [5, 5.41) is 22.2. The molecule has 3 aromatic heterocycles. The summed E-state index contributed by atoms with van der Waals surface area (Å²) in [4.78, 5) is 28.3. The highest BCUT2D eigenvalue weighted by atomic mass is 32.1. The van der Waals surface area contributed by atoms with Crippen LogP contribution in [0.4, 0.5) is 5.69 Å². The molecular formula is C22H16N6O4S. The van der Waals surface area contributed by atoms with Gasteiger partial charge in [-0.3, -0.25) is 20.0 Å². The Hall–Kier alpha value is -4.38. The number of aryl methyl sites for hydroxylation is 1. The quantitative estimate of drug-likeness (QED) is 0.305. The first-order valence-corrected chi connectivity index (χ1v) is 10.7. The number of rotatable bonds is 6. The van der Waals surface area contributed by atoms with Gasteiger partial charge in [-0.25, -0.2) is 0 Å². The molecule has 0 radical (unpaired) electrons. The predicted molar refractivity (Wildman–Crippen MR) is 122 cm³/mol. The number of nitrogens with one attached hydrogen (secondary N) is 1. The molecule has 0 fully saturated rings. The van der Waals surface area contributed by atoms with Crippen molar-refractivity contribution >= 4 is 28.1 Å². The van der Waals surface area contributed by atoms with Gasteiger partial charge in [0.05, 0.1) is 21.3 Å². The fourth-order valence-corrected chi connectivity index (χ4v) is 4.19. The Morgan fingerprint density at radius 1 is 1.24 bits per heavy atom. The molecule has 0 bridgehead atoms. The van der Waals surface area contributed by atoms with Crippen molar-refractivity contribution < 1.29 is 9.66 Å². The van der Waals surface area contributed by atoms with Gasteiger partial charge in [0, 0.05) is 23.3 Å². The van der Waals surface area contributed by atoms with Gasteiger partial charge in [0.2, 0.25) is 4.96 Å². The monoisotopic (exact) mass is 460 g/mol. The molecule has 10 nitrogen and oxygen atoms in total. The van der Waals surface area contributed by atoms with Crippen LogP contribution in [0.3, 0.4) is 0 Å². The van der Waals surface area contributed by atoms with Crippen LogP contribution in [-0.4, -0.2) is 29.7 Å². The molecular weight excluding hydrogens is 444 g/mol. The molecule has 0 saturated heterocycles. The minimum Gasteiger partial charge on any atom is -0.486 e. The van der Waals surface area contributed by atoms with Crippen molar-refractivity contribution in [1.82, 2.24) is 24.8 Å². The van der Waals surface area contributed by atoms with E-state index >= 15 is 0 Å². The highest BCUT2D eigenvalue weighted by Crippen LogP contribution is 2.25. The standard InChI is InChI=1S/C22H16N6O4S/c1-13-5-7-17(8-6-13)32-12-19-24-22-27(26-19)21(29)18(33-22)10-15-11-23-25-20(15)14-3-2-4-16(9-14)28(30)31/h2-11H,12H2,1H3,(H,23,25)/b18-10-. The van der Waals surface area contributed by atoms with Crippen LogP contribution in [0.25, 0.3) is 22.3 Å². The van der Waals surface area contributed by atoms with Gasteiger partial charge < -0.3 is 4.74 Å². The number of nitrogens with zero attached hydrogens (tertiary/aromatic N) is 5. The van der Waals surface area contributed by atoms with Crippen LogP contribution >= 0.6 is 11.3 Å². The SMILES string of the molecule is Cc1ccc(OCc2nc3s/c(=C\c4cn[nH]c4-c4cccc([N+](=O)[O-])c4)c(=O)n3n2)cc1. The maximum absolute atomic E-state index is 12.8. The van der Waals surface area contributed by atoms with Gasteiger partial charge in [0.25, 0.3) is 11.2 Å². The third-order valence-corrected chi connectivity index (χ3v) is 5.87. The maximum atomic E-state index is 12.8. The lowest BCUT2D eigenvalue weighted by atomic mass is 10.1. The predicted octanol–water partition coefficient (Wildman–Crippen LogP) is 2.88. The molecule has 5 rings (SSSR count). The molecule has 0 unspecified atom stereocenters. The van der Waals surface area contributed by atoms with E-state index in [2.05, 4.69) is 20.3 Å². The lowest BCUT2D eigenvalue weighted by Gasteiger charge is -2.03. The first-order chi connectivity index (χ1) is 16.0. The molecule has 0 aliphatic carbocycles. The number of benzene rings is 2. The van der Waals surface area contributed by atoms with Crippen LogP contribution in [0.15, 0.2) is 59.5 Å². The first-order valence-electron chi connectivity index (χ1n) is 9.86. The average molecular weight is 460 g/mol. The molecule has 0 aliphatic heterocycles. The zero-order chi connectivity index (χ0) is 22.9. The van der Waals surface area contributed by atoms with Gasteiger partial charge in [0.1, 0.15) is 12.4 Å². The molecule has 0 aliphatic rings. The molecule has 0 saturated carbocycles. The van der Waals surface area contributed by atoms with Crippen LogP contribution in [0.1, 0.15) is 17.0 Å². The second kappa shape index (κ2) is 8.28. The average Bonchev–Trinajstić information content (AvgIpc) is 3.51. The van der Waals surface area contributed by atoms with Gasteiger partial charge in [-0.05, 0) is 25.1 Å². The molecule has 2 aromatic carbocycles. The summed E-state index contributed by atoms with van der Waals surface area (Å²) >= 11 is 1.19. The highest BCUT2D eigenvalue weighted by Gasteiger charge is 2.14. The summed E-state index contributed by atoms with van der Waals surface area (Å²) in [5.41, 5.74) is 2.58. The van der Waals surface area contributed by atoms with Crippen molar-refractivity contribution in [3.63, 3.8) is 0 Å². The summed E-state index contributed by atoms with van der Waals surface area (Å²) in [6.45, 7) is 2.14. The molecule has 11 heteroatoms. The second-order valence-corrected chi connectivity index (χ2v) is 8.26. The third kappa shape index (κ3) is 4.08. The molecule has 5 aromatic rings. The lowest BCUT2D eigenvalue weighted by molar-refractivity contribution is -0.384. The molecule has 3 heterocycles. The number of aromatic nitrogens is 5. The number of nitro groups is 1. The number of nitro benzene ring substituents is 1. The van der Waals surface area contributed by atoms with E-state index in [1.54, 1.807) is 24.4 Å². The molecule has 0 spiro atoms. The van der Waals surface area contributed by atoms with Gasteiger partial charge in [-0.2, -0.15) is 14.6 Å². The van der Waals surface area contributed by atoms with Gasteiger partial charge >= 0.3 is 0 Å². The Morgan fingerprint density at radius 2 is 2.06 bits per heavy atom. The molecule has 164 valence electrons. The van der Waals surface area contributed by atoms with Gasteiger partial charge in [0.15, 0.2) is 5.82 Å². The van der Waals surface area contributed by atoms with Crippen LogP contribution in [0.5, 0.6) is 5.75 Å². The summed E-state index contributed by atoms with van der Waals surface area (Å²) < 4.78 is 7.36. The summed E-state index contributed by atoms with van der Waals surface area (Å²) in [6, 6.07) is 13.8. The van der Waals surface area contributed by atoms with Crippen LogP contribution < -0.4 is 14.8 Å². The number of hydrogen-bond acceptors (Lipinski definition) is 8. The van der Waals surface area contributed by atoms with E-state index in [4.69, 9.17) is 4.74 Å². The number of ether oxygens (including phenoxy) is 1. The largest absolute Gasteiger partial charge is 0.486 e. The number of H-pyrrole nitrogens is 1. The van der Waals surface area contributed by atoms with Crippen molar-refractivity contribution in [1.29, 1.82) is 0 Å². The van der Waals surface area contributed by atoms with E-state index in [0.717, 1.165) is 5.56 Å². The number of hydrogen-bond donors (Lipinski definition) is 1. The smallest absolute Gasteiger partial charge is 0.291 e. The van der Waals surface area contributed by atoms with Gasteiger partial charge in [-0.15, -0.1) is 5.10 Å². The molecule has 0 amide bonds. The highest BCUT2D eigenvalue weighted by molar-refractivity contribution is 7.15. The van der Waals surface area contributed by atoms with E-state index in [1.807, 2.05) is 31.2 Å². The first kappa shape index (κ1) is 20.5. The summed E-state index contributed by atoms with van der Waals surface area (Å²) in [7, 11) is 0. The number of thiazole rings is 1. The molecule has 1 N–H and O–H groups in total. The Kier molecular flexibility index (Phi) is 5.15. The number of fused-ring (bicyclic) bond motifs is 1. The van der Waals surface area contributed by atoms with E-state index in [0.29, 0.717) is 37.9 Å². The zero-order valence-electron chi connectivity index (χ0n) is 17.3. The number of non-ortho nitro benzene ring substituents is 1. The Bertz CT molecular complexity index is 1590. The Labute approximate surface area is 189 Å².